The molecule has 0 saturated carbocycles. The number of hydrogen-bond donors (Lipinski definition) is 1. The van der Waals surface area contributed by atoms with Crippen molar-refractivity contribution >= 4 is 5.82 Å². The van der Waals surface area contributed by atoms with E-state index in [1.807, 2.05) is 22.9 Å². The molecule has 0 aliphatic carbocycles. The summed E-state index contributed by atoms with van der Waals surface area (Å²) < 4.78 is 15.1. The lowest BCUT2D eigenvalue weighted by Crippen LogP contribution is -2.05. The monoisotopic (exact) mass is 307 g/mol. The first-order valence-electron chi connectivity index (χ1n) is 7.87. The molecule has 2 aromatic carbocycles. The van der Waals surface area contributed by atoms with Gasteiger partial charge < -0.3 is 5.32 Å². The van der Waals surface area contributed by atoms with Gasteiger partial charge in [-0.05, 0) is 48.7 Å². The SMILES string of the molecule is Cc1cccc(-n2nc(Cc3ccc(F)cc3)c3c2NCC3)c1. The van der Waals surface area contributed by atoms with Crippen molar-refractivity contribution in [3.05, 3.63) is 76.7 Å². The normalized spacial score (nSPS) is 13.0. The lowest BCUT2D eigenvalue weighted by Gasteiger charge is -2.07. The second kappa shape index (κ2) is 5.54. The van der Waals surface area contributed by atoms with Gasteiger partial charge in [-0.3, -0.25) is 0 Å². The van der Waals surface area contributed by atoms with Gasteiger partial charge in [-0.1, -0.05) is 24.3 Å². The standard InChI is InChI=1S/C19H18FN3/c1-13-3-2-4-16(11-13)23-19-17(9-10-21-19)18(22-23)12-14-5-7-15(20)8-6-14/h2-8,11,21H,9-10,12H2,1H3. The lowest BCUT2D eigenvalue weighted by molar-refractivity contribution is 0.627. The summed E-state index contributed by atoms with van der Waals surface area (Å²) in [6.07, 6.45) is 1.71. The van der Waals surface area contributed by atoms with Crippen molar-refractivity contribution in [1.82, 2.24) is 9.78 Å². The second-order valence-electron chi connectivity index (χ2n) is 6.00. The highest BCUT2D eigenvalue weighted by atomic mass is 19.1. The molecule has 4 heteroatoms. The van der Waals surface area contributed by atoms with Crippen molar-refractivity contribution in [3.8, 4) is 5.69 Å². The molecule has 1 aromatic heterocycles. The summed E-state index contributed by atoms with van der Waals surface area (Å²) in [7, 11) is 0. The smallest absolute Gasteiger partial charge is 0.133 e. The maximum Gasteiger partial charge on any atom is 0.133 e. The Morgan fingerprint density at radius 1 is 1.17 bits per heavy atom. The van der Waals surface area contributed by atoms with Crippen LogP contribution in [0.5, 0.6) is 0 Å². The van der Waals surface area contributed by atoms with Gasteiger partial charge in [0.2, 0.25) is 0 Å². The van der Waals surface area contributed by atoms with Crippen LogP contribution in [0.15, 0.2) is 48.5 Å². The minimum atomic E-state index is -0.203. The number of aromatic nitrogens is 2. The van der Waals surface area contributed by atoms with E-state index in [1.54, 1.807) is 0 Å². The summed E-state index contributed by atoms with van der Waals surface area (Å²) in [5.74, 6) is 0.888. The maximum atomic E-state index is 13.1. The largest absolute Gasteiger partial charge is 0.369 e. The van der Waals surface area contributed by atoms with E-state index < -0.39 is 0 Å². The van der Waals surface area contributed by atoms with Crippen LogP contribution < -0.4 is 5.32 Å². The molecule has 0 fully saturated rings. The van der Waals surface area contributed by atoms with Crippen molar-refractivity contribution in [2.24, 2.45) is 0 Å². The first kappa shape index (κ1) is 14.0. The summed E-state index contributed by atoms with van der Waals surface area (Å²) in [4.78, 5) is 0. The summed E-state index contributed by atoms with van der Waals surface area (Å²) in [6, 6.07) is 15.0. The first-order chi connectivity index (χ1) is 11.2. The van der Waals surface area contributed by atoms with Crippen molar-refractivity contribution < 1.29 is 4.39 Å². The number of nitrogens with zero attached hydrogens (tertiary/aromatic N) is 2. The van der Waals surface area contributed by atoms with Gasteiger partial charge in [0.1, 0.15) is 11.6 Å². The molecular formula is C19H18FN3. The molecule has 0 saturated heterocycles. The number of nitrogens with one attached hydrogen (secondary N) is 1. The van der Waals surface area contributed by atoms with Gasteiger partial charge >= 0.3 is 0 Å². The van der Waals surface area contributed by atoms with Gasteiger partial charge in [-0.15, -0.1) is 0 Å². The van der Waals surface area contributed by atoms with E-state index in [1.165, 1.54) is 23.3 Å². The number of fused-ring (bicyclic) bond motifs is 1. The molecule has 3 aromatic rings. The molecule has 0 unspecified atom stereocenters. The summed E-state index contributed by atoms with van der Waals surface area (Å²) >= 11 is 0. The molecule has 1 N–H and O–H groups in total. The summed E-state index contributed by atoms with van der Waals surface area (Å²) in [5.41, 5.74) is 5.70. The molecule has 23 heavy (non-hydrogen) atoms. The molecule has 0 amide bonds. The zero-order chi connectivity index (χ0) is 15.8. The minimum absolute atomic E-state index is 0.203. The molecular weight excluding hydrogens is 289 g/mol. The van der Waals surface area contributed by atoms with E-state index in [0.29, 0.717) is 0 Å². The minimum Gasteiger partial charge on any atom is -0.369 e. The Bertz CT molecular complexity index is 850. The molecule has 4 rings (SSSR count). The summed E-state index contributed by atoms with van der Waals surface area (Å²) in [6.45, 7) is 3.02. The Morgan fingerprint density at radius 3 is 2.78 bits per heavy atom. The molecule has 0 spiro atoms. The van der Waals surface area contributed by atoms with Gasteiger partial charge in [0.15, 0.2) is 0 Å². The van der Waals surface area contributed by atoms with E-state index in [4.69, 9.17) is 5.10 Å². The van der Waals surface area contributed by atoms with Crippen LogP contribution in [0.1, 0.15) is 22.4 Å². The third kappa shape index (κ3) is 2.61. The third-order valence-electron chi connectivity index (χ3n) is 4.27. The van der Waals surface area contributed by atoms with E-state index in [-0.39, 0.29) is 5.82 Å². The molecule has 0 radical (unpaired) electrons. The van der Waals surface area contributed by atoms with Crippen LogP contribution in [0.3, 0.4) is 0 Å². The second-order valence-corrected chi connectivity index (χ2v) is 6.00. The number of benzene rings is 2. The predicted molar refractivity (Wildman–Crippen MR) is 89.7 cm³/mol. The van der Waals surface area contributed by atoms with E-state index in [0.717, 1.165) is 42.1 Å². The molecule has 0 atom stereocenters. The third-order valence-corrected chi connectivity index (χ3v) is 4.27. The number of anilines is 1. The Kier molecular flexibility index (Phi) is 3.37. The molecule has 2 heterocycles. The van der Waals surface area contributed by atoms with Gasteiger partial charge in [-0.25, -0.2) is 9.07 Å². The van der Waals surface area contributed by atoms with Crippen LogP contribution in [0.25, 0.3) is 5.69 Å². The molecule has 0 bridgehead atoms. The van der Waals surface area contributed by atoms with Crippen molar-refractivity contribution in [2.75, 3.05) is 11.9 Å². The first-order valence-corrected chi connectivity index (χ1v) is 7.87. The molecule has 3 nitrogen and oxygen atoms in total. The van der Waals surface area contributed by atoms with Gasteiger partial charge in [0.25, 0.3) is 0 Å². The van der Waals surface area contributed by atoms with Gasteiger partial charge in [-0.2, -0.15) is 5.10 Å². The Morgan fingerprint density at radius 2 is 2.00 bits per heavy atom. The summed E-state index contributed by atoms with van der Waals surface area (Å²) in [5, 5.41) is 8.26. The lowest BCUT2D eigenvalue weighted by atomic mass is 10.1. The van der Waals surface area contributed by atoms with Gasteiger partial charge in [0, 0.05) is 18.5 Å². The Labute approximate surface area is 134 Å². The van der Waals surface area contributed by atoms with Crippen molar-refractivity contribution in [1.29, 1.82) is 0 Å². The van der Waals surface area contributed by atoms with Crippen molar-refractivity contribution in [2.45, 2.75) is 19.8 Å². The quantitative estimate of drug-likeness (QED) is 0.796. The zero-order valence-electron chi connectivity index (χ0n) is 13.0. The highest BCUT2D eigenvalue weighted by Gasteiger charge is 2.23. The molecule has 116 valence electrons. The zero-order valence-corrected chi connectivity index (χ0v) is 13.0. The molecule has 1 aliphatic rings. The van der Waals surface area contributed by atoms with E-state index in [2.05, 4.69) is 30.4 Å². The van der Waals surface area contributed by atoms with Crippen LogP contribution in [0, 0.1) is 12.7 Å². The van der Waals surface area contributed by atoms with Crippen LogP contribution in [-0.2, 0) is 12.8 Å². The van der Waals surface area contributed by atoms with E-state index in [9.17, 15) is 4.39 Å². The highest BCUT2D eigenvalue weighted by molar-refractivity contribution is 5.58. The Balaban J connectivity index is 1.74. The number of rotatable bonds is 3. The number of hydrogen-bond acceptors (Lipinski definition) is 2. The maximum absolute atomic E-state index is 13.1. The Hall–Kier alpha value is -2.62. The average molecular weight is 307 g/mol. The average Bonchev–Trinajstić information content (AvgIpc) is 3.13. The number of halogens is 1. The predicted octanol–water partition coefficient (Wildman–Crippen LogP) is 3.88. The van der Waals surface area contributed by atoms with Crippen LogP contribution in [0.4, 0.5) is 10.2 Å². The fourth-order valence-corrected chi connectivity index (χ4v) is 3.13. The van der Waals surface area contributed by atoms with Crippen LogP contribution >= 0.6 is 0 Å². The van der Waals surface area contributed by atoms with Crippen molar-refractivity contribution in [3.63, 3.8) is 0 Å². The van der Waals surface area contributed by atoms with Crippen LogP contribution in [-0.4, -0.2) is 16.3 Å². The van der Waals surface area contributed by atoms with Crippen LogP contribution in [0.2, 0.25) is 0 Å². The fourth-order valence-electron chi connectivity index (χ4n) is 3.13. The van der Waals surface area contributed by atoms with E-state index >= 15 is 0 Å². The highest BCUT2D eigenvalue weighted by Crippen LogP contribution is 2.30. The number of aryl methyl sites for hydroxylation is 1. The fraction of sp³-hybridized carbons (Fsp3) is 0.211. The topological polar surface area (TPSA) is 29.9 Å². The van der Waals surface area contributed by atoms with Gasteiger partial charge in [0.05, 0.1) is 11.4 Å². The molecule has 1 aliphatic heterocycles.